The Morgan fingerprint density at radius 3 is 2.68 bits per heavy atom. The van der Waals surface area contributed by atoms with Crippen molar-refractivity contribution >= 4 is 23.9 Å². The molecule has 1 unspecified atom stereocenters. The van der Waals surface area contributed by atoms with Gasteiger partial charge in [-0.2, -0.15) is 13.2 Å². The topological polar surface area (TPSA) is 151 Å². The Bertz CT molecular complexity index is 1090. The minimum Gasteiger partial charge on any atom is -0.468 e. The number of nitrogens with zero attached hydrogens (tertiary/aromatic N) is 6. The summed E-state index contributed by atoms with van der Waals surface area (Å²) < 4.78 is 55.9. The molecule has 0 bridgehead atoms. The fourth-order valence-electron chi connectivity index (χ4n) is 3.04. The second kappa shape index (κ2) is 9.58. The maximum atomic E-state index is 13.2. The van der Waals surface area contributed by atoms with Crippen molar-refractivity contribution in [3.8, 4) is 0 Å². The number of carbonyl (C=O) groups is 3. The Labute approximate surface area is 190 Å². The predicted molar refractivity (Wildman–Crippen MR) is 104 cm³/mol. The molecule has 184 valence electrons. The van der Waals surface area contributed by atoms with E-state index < -0.39 is 42.0 Å². The number of hydrogen-bond donors (Lipinski definition) is 1. The van der Waals surface area contributed by atoms with Gasteiger partial charge in [0.1, 0.15) is 12.2 Å². The highest BCUT2D eigenvalue weighted by molar-refractivity contribution is 6.04. The van der Waals surface area contributed by atoms with E-state index in [1.165, 1.54) is 21.1 Å². The first kappa shape index (κ1) is 24.8. The number of halogens is 3. The van der Waals surface area contributed by atoms with E-state index in [4.69, 9.17) is 9.47 Å². The van der Waals surface area contributed by atoms with E-state index in [1.807, 2.05) is 0 Å². The van der Waals surface area contributed by atoms with Crippen LogP contribution in [0.1, 0.15) is 28.7 Å². The van der Waals surface area contributed by atoms with Gasteiger partial charge in [-0.15, -0.1) is 0 Å². The lowest BCUT2D eigenvalue weighted by molar-refractivity contribution is -0.142. The van der Waals surface area contributed by atoms with Gasteiger partial charge in [0.25, 0.3) is 5.91 Å². The zero-order valence-corrected chi connectivity index (χ0v) is 18.2. The molecule has 1 aliphatic heterocycles. The van der Waals surface area contributed by atoms with Crippen molar-refractivity contribution in [2.24, 2.45) is 7.05 Å². The van der Waals surface area contributed by atoms with Crippen LogP contribution in [-0.4, -0.2) is 80.5 Å². The van der Waals surface area contributed by atoms with Crippen molar-refractivity contribution in [1.82, 2.24) is 30.1 Å². The summed E-state index contributed by atoms with van der Waals surface area (Å²) in [6.07, 6.45) is -5.52. The molecule has 0 aliphatic carbocycles. The van der Waals surface area contributed by atoms with Crippen LogP contribution in [-0.2, 0) is 38.8 Å². The number of aryl methyl sites for hydroxylation is 1. The predicted octanol–water partition coefficient (Wildman–Crippen LogP) is 0.777. The lowest BCUT2D eigenvalue weighted by atomic mass is 10.1. The molecule has 2 amide bonds. The van der Waals surface area contributed by atoms with E-state index in [2.05, 4.69) is 30.6 Å². The lowest BCUT2D eigenvalue weighted by Gasteiger charge is -2.22. The Morgan fingerprint density at radius 1 is 1.32 bits per heavy atom. The molecule has 0 aromatic carbocycles. The van der Waals surface area contributed by atoms with Gasteiger partial charge >= 0.3 is 18.2 Å². The van der Waals surface area contributed by atoms with Crippen molar-refractivity contribution in [2.45, 2.75) is 25.3 Å². The molecule has 0 spiro atoms. The molecule has 2 aromatic rings. The van der Waals surface area contributed by atoms with Crippen LogP contribution < -0.4 is 5.32 Å². The van der Waals surface area contributed by atoms with Crippen LogP contribution in [0.3, 0.4) is 0 Å². The molecular weight excluding hydrogens is 467 g/mol. The maximum absolute atomic E-state index is 13.2. The number of rotatable bonds is 8. The average molecular weight is 487 g/mol. The van der Waals surface area contributed by atoms with Gasteiger partial charge in [-0.25, -0.2) is 14.5 Å². The number of cyclic esters (lactones) is 1. The Balaban J connectivity index is 1.73. The molecule has 1 N–H and O–H groups in total. The standard InChI is InChI=1S/C18H20F3N7O6/c1-17(8-28(16(31)34-17)6-13(29)32-3)9-33-7-11-10(4-5-12(22-11)18(19,20)21)14(30)23-15-24-25-26-27(15)2/h4-5H,6-9H2,1-3H3,(H,23,24,26,30). The number of esters is 1. The number of tetrazole rings is 1. The zero-order valence-electron chi connectivity index (χ0n) is 18.2. The van der Waals surface area contributed by atoms with Gasteiger partial charge in [0.15, 0.2) is 5.60 Å². The van der Waals surface area contributed by atoms with Crippen LogP contribution in [0.15, 0.2) is 12.1 Å². The second-order valence-electron chi connectivity index (χ2n) is 7.51. The quantitative estimate of drug-likeness (QED) is 0.529. The van der Waals surface area contributed by atoms with Crippen LogP contribution in [0.25, 0.3) is 0 Å². The molecule has 3 heterocycles. The van der Waals surface area contributed by atoms with Gasteiger partial charge in [0.05, 0.1) is 38.1 Å². The monoisotopic (exact) mass is 487 g/mol. The lowest BCUT2D eigenvalue weighted by Crippen LogP contribution is -2.38. The van der Waals surface area contributed by atoms with Gasteiger partial charge in [0, 0.05) is 7.05 Å². The van der Waals surface area contributed by atoms with Crippen LogP contribution in [0.2, 0.25) is 0 Å². The van der Waals surface area contributed by atoms with Gasteiger partial charge in [-0.3, -0.25) is 19.8 Å². The van der Waals surface area contributed by atoms with Crippen molar-refractivity contribution in [3.63, 3.8) is 0 Å². The third-order valence-electron chi connectivity index (χ3n) is 4.67. The summed E-state index contributed by atoms with van der Waals surface area (Å²) >= 11 is 0. The molecule has 1 fully saturated rings. The first-order valence-corrected chi connectivity index (χ1v) is 9.65. The third-order valence-corrected chi connectivity index (χ3v) is 4.67. The second-order valence-corrected chi connectivity index (χ2v) is 7.51. The number of ether oxygens (including phenoxy) is 3. The van der Waals surface area contributed by atoms with Gasteiger partial charge in [-0.05, 0) is 29.5 Å². The maximum Gasteiger partial charge on any atom is 0.433 e. The molecule has 1 saturated heterocycles. The van der Waals surface area contributed by atoms with Crippen molar-refractivity contribution in [1.29, 1.82) is 0 Å². The number of hydrogen-bond acceptors (Lipinski definition) is 10. The van der Waals surface area contributed by atoms with E-state index in [1.54, 1.807) is 0 Å². The zero-order chi connectivity index (χ0) is 25.1. The Morgan fingerprint density at radius 2 is 2.06 bits per heavy atom. The molecule has 34 heavy (non-hydrogen) atoms. The molecule has 16 heteroatoms. The number of alkyl halides is 3. The molecule has 2 aromatic heterocycles. The highest BCUT2D eigenvalue weighted by Gasteiger charge is 2.42. The summed E-state index contributed by atoms with van der Waals surface area (Å²) in [6.45, 7) is 0.414. The number of methoxy groups -OCH3 is 1. The first-order valence-electron chi connectivity index (χ1n) is 9.65. The van der Waals surface area contributed by atoms with E-state index >= 15 is 0 Å². The number of nitrogens with one attached hydrogen (secondary N) is 1. The van der Waals surface area contributed by atoms with Gasteiger partial charge < -0.3 is 14.2 Å². The molecule has 3 rings (SSSR count). The summed E-state index contributed by atoms with van der Waals surface area (Å²) in [7, 11) is 2.63. The Kier molecular flexibility index (Phi) is 6.99. The fraction of sp³-hybridized carbons (Fsp3) is 0.500. The molecule has 1 aliphatic rings. The number of pyridine rings is 1. The number of aromatic nitrogens is 5. The van der Waals surface area contributed by atoms with Crippen LogP contribution in [0, 0.1) is 0 Å². The van der Waals surface area contributed by atoms with Crippen LogP contribution in [0.5, 0.6) is 0 Å². The number of amides is 2. The summed E-state index contributed by atoms with van der Waals surface area (Å²) in [5, 5.41) is 12.9. The molecule has 0 radical (unpaired) electrons. The number of anilines is 1. The molecule has 1 atom stereocenters. The highest BCUT2D eigenvalue weighted by Crippen LogP contribution is 2.29. The van der Waals surface area contributed by atoms with Crippen molar-refractivity contribution < 1.29 is 41.8 Å². The van der Waals surface area contributed by atoms with Gasteiger partial charge in [0.2, 0.25) is 5.95 Å². The average Bonchev–Trinajstić information content (AvgIpc) is 3.28. The minimum atomic E-state index is -4.75. The molecule has 0 saturated carbocycles. The fourth-order valence-corrected chi connectivity index (χ4v) is 3.04. The van der Waals surface area contributed by atoms with Crippen LogP contribution >= 0.6 is 0 Å². The smallest absolute Gasteiger partial charge is 0.433 e. The van der Waals surface area contributed by atoms with E-state index in [-0.39, 0.29) is 36.9 Å². The third kappa shape index (κ3) is 5.75. The first-order chi connectivity index (χ1) is 15.9. The van der Waals surface area contributed by atoms with E-state index in [9.17, 15) is 27.6 Å². The SMILES string of the molecule is COC(=O)CN1CC(C)(COCc2nc(C(F)(F)F)ccc2C(=O)Nc2nnnn2C)OC1=O. The minimum absolute atomic E-state index is 0.0244. The summed E-state index contributed by atoms with van der Waals surface area (Å²) in [5.74, 6) is -1.49. The van der Waals surface area contributed by atoms with Crippen molar-refractivity contribution in [2.75, 3.05) is 32.1 Å². The molecular formula is C18H20F3N7O6. The summed E-state index contributed by atoms with van der Waals surface area (Å²) in [5.41, 5.74) is -2.91. The van der Waals surface area contributed by atoms with Gasteiger partial charge in [-0.1, -0.05) is 5.10 Å². The summed E-state index contributed by atoms with van der Waals surface area (Å²) in [4.78, 5) is 40.7. The van der Waals surface area contributed by atoms with Crippen molar-refractivity contribution in [3.05, 3.63) is 29.1 Å². The number of carbonyl (C=O) groups excluding carboxylic acids is 3. The Hall–Kier alpha value is -3.82. The normalized spacial score (nSPS) is 18.1. The molecule has 13 nitrogen and oxygen atoms in total. The summed E-state index contributed by atoms with van der Waals surface area (Å²) in [6, 6.07) is 1.63. The largest absolute Gasteiger partial charge is 0.468 e. The van der Waals surface area contributed by atoms with E-state index in [0.717, 1.165) is 15.6 Å². The van der Waals surface area contributed by atoms with Crippen LogP contribution in [0.4, 0.5) is 23.9 Å². The highest BCUT2D eigenvalue weighted by atomic mass is 19.4. The van der Waals surface area contributed by atoms with E-state index in [0.29, 0.717) is 6.07 Å².